The van der Waals surface area contributed by atoms with Gasteiger partial charge in [-0.25, -0.2) is 0 Å². The lowest BCUT2D eigenvalue weighted by atomic mass is 10.0. The molecule has 1 atom stereocenters. The number of morpholine rings is 1. The normalized spacial score (nSPS) is 23.2. The molecule has 6 nitrogen and oxygen atoms in total. The Hall–Kier alpha value is -0.850. The van der Waals surface area contributed by atoms with Crippen LogP contribution < -0.4 is 10.6 Å². The van der Waals surface area contributed by atoms with Crippen LogP contribution in [0, 0.1) is 5.92 Å². The Morgan fingerprint density at radius 3 is 2.20 bits per heavy atom. The zero-order chi connectivity index (χ0) is 18.2. The Kier molecular flexibility index (Phi) is 8.46. The van der Waals surface area contributed by atoms with Crippen molar-refractivity contribution in [3.63, 3.8) is 0 Å². The zero-order valence-corrected chi connectivity index (χ0v) is 16.9. The van der Waals surface area contributed by atoms with Crippen LogP contribution in [-0.2, 0) is 4.74 Å². The third kappa shape index (κ3) is 6.42. The molecule has 146 valence electrons. The first kappa shape index (κ1) is 20.5. The van der Waals surface area contributed by atoms with Crippen molar-refractivity contribution in [2.75, 3.05) is 53.0 Å². The van der Waals surface area contributed by atoms with E-state index in [4.69, 9.17) is 4.74 Å². The fraction of sp³-hybridized carbons (Fsp3) is 0.947. The summed E-state index contributed by atoms with van der Waals surface area (Å²) in [5.74, 6) is 1.56. The largest absolute Gasteiger partial charge is 0.379 e. The van der Waals surface area contributed by atoms with Gasteiger partial charge in [0.25, 0.3) is 0 Å². The molecule has 6 heteroatoms. The molecule has 0 saturated carbocycles. The molecule has 0 aromatic carbocycles. The summed E-state index contributed by atoms with van der Waals surface area (Å²) in [7, 11) is 1.87. The maximum atomic E-state index is 5.50. The Labute approximate surface area is 154 Å². The first-order valence-corrected chi connectivity index (χ1v) is 10.0. The minimum Gasteiger partial charge on any atom is -0.379 e. The van der Waals surface area contributed by atoms with E-state index in [0.29, 0.717) is 24.0 Å². The molecule has 0 radical (unpaired) electrons. The van der Waals surface area contributed by atoms with Crippen LogP contribution in [0.4, 0.5) is 0 Å². The lowest BCUT2D eigenvalue weighted by Gasteiger charge is -2.38. The van der Waals surface area contributed by atoms with Crippen molar-refractivity contribution in [3.8, 4) is 0 Å². The third-order valence-corrected chi connectivity index (χ3v) is 5.59. The van der Waals surface area contributed by atoms with Gasteiger partial charge in [0.15, 0.2) is 5.96 Å². The van der Waals surface area contributed by atoms with Crippen molar-refractivity contribution in [2.24, 2.45) is 10.9 Å². The fourth-order valence-corrected chi connectivity index (χ4v) is 3.84. The van der Waals surface area contributed by atoms with Crippen molar-refractivity contribution < 1.29 is 4.74 Å². The highest BCUT2D eigenvalue weighted by atomic mass is 16.5. The Balaban J connectivity index is 1.78. The Morgan fingerprint density at radius 2 is 1.68 bits per heavy atom. The van der Waals surface area contributed by atoms with Gasteiger partial charge in [-0.3, -0.25) is 9.89 Å². The van der Waals surface area contributed by atoms with Gasteiger partial charge in [-0.15, -0.1) is 0 Å². The van der Waals surface area contributed by atoms with E-state index in [2.05, 4.69) is 53.1 Å². The van der Waals surface area contributed by atoms with Gasteiger partial charge >= 0.3 is 0 Å². The molecule has 0 spiro atoms. The van der Waals surface area contributed by atoms with Crippen LogP contribution in [0.25, 0.3) is 0 Å². The van der Waals surface area contributed by atoms with E-state index in [1.165, 1.54) is 25.9 Å². The second kappa shape index (κ2) is 10.3. The van der Waals surface area contributed by atoms with Gasteiger partial charge in [-0.2, -0.15) is 0 Å². The van der Waals surface area contributed by atoms with Gasteiger partial charge in [0.2, 0.25) is 0 Å². The molecule has 0 aromatic rings. The van der Waals surface area contributed by atoms with Crippen LogP contribution in [0.1, 0.15) is 40.5 Å². The summed E-state index contributed by atoms with van der Waals surface area (Å²) in [5.41, 5.74) is 0. The number of nitrogens with one attached hydrogen (secondary N) is 2. The van der Waals surface area contributed by atoms with Gasteiger partial charge in [0.1, 0.15) is 0 Å². The van der Waals surface area contributed by atoms with Crippen molar-refractivity contribution in [3.05, 3.63) is 0 Å². The van der Waals surface area contributed by atoms with Crippen molar-refractivity contribution in [1.29, 1.82) is 0 Å². The first-order chi connectivity index (χ1) is 12.0. The summed E-state index contributed by atoms with van der Waals surface area (Å²) in [6.45, 7) is 16.2. The maximum Gasteiger partial charge on any atom is 0.191 e. The summed E-state index contributed by atoms with van der Waals surface area (Å²) < 4.78 is 5.50. The predicted molar refractivity (Wildman–Crippen MR) is 105 cm³/mol. The second-order valence-electron chi connectivity index (χ2n) is 7.96. The van der Waals surface area contributed by atoms with Crippen LogP contribution in [0.15, 0.2) is 4.99 Å². The molecule has 2 fully saturated rings. The SMILES string of the molecule is CN=C(NCC(C(C)C)N1CCOCC1)NC1CCN(C(C)C)CC1. The number of rotatable bonds is 6. The van der Waals surface area contributed by atoms with Crippen LogP contribution in [0.2, 0.25) is 0 Å². The molecule has 25 heavy (non-hydrogen) atoms. The van der Waals surface area contributed by atoms with Crippen LogP contribution in [0.5, 0.6) is 0 Å². The molecule has 0 amide bonds. The monoisotopic (exact) mass is 353 g/mol. The van der Waals surface area contributed by atoms with Gasteiger partial charge in [0.05, 0.1) is 13.2 Å². The number of piperidine rings is 1. The maximum absolute atomic E-state index is 5.50. The molecular formula is C19H39N5O. The van der Waals surface area contributed by atoms with Crippen molar-refractivity contribution >= 4 is 5.96 Å². The molecule has 1 unspecified atom stereocenters. The standard InChI is InChI=1S/C19H39N5O/c1-15(2)18(24-10-12-25-13-11-24)14-21-19(20-5)22-17-6-8-23(9-7-17)16(3)4/h15-18H,6-14H2,1-5H3,(H2,20,21,22). The van der Waals surface area contributed by atoms with Crippen molar-refractivity contribution in [2.45, 2.75) is 58.7 Å². The number of hydrogen-bond acceptors (Lipinski definition) is 4. The molecule has 2 aliphatic heterocycles. The van der Waals surface area contributed by atoms with Gasteiger partial charge in [-0.1, -0.05) is 13.8 Å². The van der Waals surface area contributed by atoms with E-state index < -0.39 is 0 Å². The average molecular weight is 354 g/mol. The lowest BCUT2D eigenvalue weighted by Crippen LogP contribution is -2.54. The smallest absolute Gasteiger partial charge is 0.191 e. The molecule has 0 aliphatic carbocycles. The molecule has 2 saturated heterocycles. The molecule has 0 aromatic heterocycles. The Bertz CT molecular complexity index is 399. The number of likely N-dealkylation sites (tertiary alicyclic amines) is 1. The number of ether oxygens (including phenoxy) is 1. The summed E-state index contributed by atoms with van der Waals surface area (Å²) in [6.07, 6.45) is 2.38. The van der Waals surface area contributed by atoms with E-state index in [1.807, 2.05) is 7.05 Å². The van der Waals surface area contributed by atoms with Crippen LogP contribution >= 0.6 is 0 Å². The van der Waals surface area contributed by atoms with Gasteiger partial charge < -0.3 is 20.3 Å². The number of guanidine groups is 1. The first-order valence-electron chi connectivity index (χ1n) is 10.0. The van der Waals surface area contributed by atoms with E-state index in [1.54, 1.807) is 0 Å². The highest BCUT2D eigenvalue weighted by Gasteiger charge is 2.25. The van der Waals surface area contributed by atoms with E-state index >= 15 is 0 Å². The zero-order valence-electron chi connectivity index (χ0n) is 16.9. The van der Waals surface area contributed by atoms with Crippen LogP contribution in [-0.4, -0.2) is 86.9 Å². The molecule has 2 rings (SSSR count). The topological polar surface area (TPSA) is 52.1 Å². The summed E-state index contributed by atoms with van der Waals surface area (Å²) in [4.78, 5) is 9.56. The number of nitrogens with zero attached hydrogens (tertiary/aromatic N) is 3. The van der Waals surface area contributed by atoms with Crippen LogP contribution in [0.3, 0.4) is 0 Å². The second-order valence-corrected chi connectivity index (χ2v) is 7.96. The minimum absolute atomic E-state index is 0.519. The number of hydrogen-bond donors (Lipinski definition) is 2. The molecular weight excluding hydrogens is 314 g/mol. The highest BCUT2D eigenvalue weighted by Crippen LogP contribution is 2.14. The predicted octanol–water partition coefficient (Wildman–Crippen LogP) is 1.38. The van der Waals surface area contributed by atoms with Crippen molar-refractivity contribution in [1.82, 2.24) is 20.4 Å². The molecule has 2 aliphatic rings. The van der Waals surface area contributed by atoms with Gasteiger partial charge in [0, 0.05) is 57.9 Å². The summed E-state index contributed by atoms with van der Waals surface area (Å²) in [5, 5.41) is 7.20. The quantitative estimate of drug-likeness (QED) is 0.558. The summed E-state index contributed by atoms with van der Waals surface area (Å²) in [6, 6.07) is 1.70. The summed E-state index contributed by atoms with van der Waals surface area (Å²) >= 11 is 0. The fourth-order valence-electron chi connectivity index (χ4n) is 3.84. The van der Waals surface area contributed by atoms with E-state index in [0.717, 1.165) is 38.8 Å². The Morgan fingerprint density at radius 1 is 1.04 bits per heavy atom. The minimum atomic E-state index is 0.519. The average Bonchev–Trinajstić information content (AvgIpc) is 2.62. The highest BCUT2D eigenvalue weighted by molar-refractivity contribution is 5.80. The molecule has 2 N–H and O–H groups in total. The van der Waals surface area contributed by atoms with E-state index in [9.17, 15) is 0 Å². The lowest BCUT2D eigenvalue weighted by molar-refractivity contribution is 0.00750. The van der Waals surface area contributed by atoms with E-state index in [-0.39, 0.29) is 0 Å². The molecule has 2 heterocycles. The third-order valence-electron chi connectivity index (χ3n) is 5.59. The number of aliphatic imine (C=N–C) groups is 1. The van der Waals surface area contributed by atoms with Gasteiger partial charge in [-0.05, 0) is 32.6 Å². The molecule has 0 bridgehead atoms.